The van der Waals surface area contributed by atoms with Gasteiger partial charge in [-0.15, -0.1) is 0 Å². The Morgan fingerprint density at radius 2 is 1.52 bits per heavy atom. The van der Waals surface area contributed by atoms with Gasteiger partial charge in [-0.1, -0.05) is 54.6 Å². The van der Waals surface area contributed by atoms with Crippen LogP contribution in [0.2, 0.25) is 0 Å². The molecule has 112 valence electrons. The number of benzene rings is 2. The molecule has 0 aromatic heterocycles. The topological polar surface area (TPSA) is 23.5 Å². The van der Waals surface area contributed by atoms with Gasteiger partial charge in [-0.2, -0.15) is 0 Å². The van der Waals surface area contributed by atoms with Crippen LogP contribution in [0.15, 0.2) is 54.6 Å². The molecule has 0 bridgehead atoms. The third-order valence-corrected chi connectivity index (χ3v) is 3.28. The zero-order valence-electron chi connectivity index (χ0n) is 11.8. The highest BCUT2D eigenvalue weighted by atomic mass is 19.3. The Labute approximate surface area is 123 Å². The maximum Gasteiger partial charge on any atom is 0.251 e. The molecule has 4 heteroatoms. The van der Waals surface area contributed by atoms with E-state index in [0.29, 0.717) is 6.54 Å². The number of aliphatic hydroxyl groups is 1. The van der Waals surface area contributed by atoms with Crippen molar-refractivity contribution in [2.75, 3.05) is 19.7 Å². The summed E-state index contributed by atoms with van der Waals surface area (Å²) < 4.78 is 24.9. The van der Waals surface area contributed by atoms with Gasteiger partial charge in [-0.05, 0) is 16.7 Å². The standard InChI is InChI=1S/C17H19F2NO/c18-17(19)13-20(10-11-21)12-14-6-8-16(9-7-14)15-4-2-1-3-5-15/h1-9,17,21H,10-13H2. The minimum Gasteiger partial charge on any atom is -0.395 e. The van der Waals surface area contributed by atoms with Crippen LogP contribution in [-0.2, 0) is 6.54 Å². The molecule has 0 amide bonds. The molecular weight excluding hydrogens is 272 g/mol. The van der Waals surface area contributed by atoms with Gasteiger partial charge in [0.15, 0.2) is 0 Å². The quantitative estimate of drug-likeness (QED) is 0.845. The Morgan fingerprint density at radius 1 is 0.905 bits per heavy atom. The fraction of sp³-hybridized carbons (Fsp3) is 0.294. The number of nitrogens with zero attached hydrogens (tertiary/aromatic N) is 1. The molecule has 0 aliphatic carbocycles. The van der Waals surface area contributed by atoms with Crippen LogP contribution < -0.4 is 0 Å². The third-order valence-electron chi connectivity index (χ3n) is 3.28. The van der Waals surface area contributed by atoms with Gasteiger partial charge < -0.3 is 5.11 Å². The number of rotatable bonds is 7. The summed E-state index contributed by atoms with van der Waals surface area (Å²) in [5.74, 6) is 0. The van der Waals surface area contributed by atoms with Crippen molar-refractivity contribution in [3.05, 3.63) is 60.2 Å². The summed E-state index contributed by atoms with van der Waals surface area (Å²) in [6.07, 6.45) is -2.39. The van der Waals surface area contributed by atoms with Crippen molar-refractivity contribution in [2.24, 2.45) is 0 Å². The van der Waals surface area contributed by atoms with Gasteiger partial charge in [0.2, 0.25) is 0 Å². The molecular formula is C17H19F2NO. The summed E-state index contributed by atoms with van der Waals surface area (Å²) in [6, 6.07) is 17.9. The Hall–Kier alpha value is -1.78. The average molecular weight is 291 g/mol. The molecule has 0 saturated heterocycles. The zero-order valence-corrected chi connectivity index (χ0v) is 11.8. The SMILES string of the molecule is OCCN(Cc1ccc(-c2ccccc2)cc1)CC(F)F. The van der Waals surface area contributed by atoms with Crippen molar-refractivity contribution < 1.29 is 13.9 Å². The Morgan fingerprint density at radius 3 is 2.10 bits per heavy atom. The number of hydrogen-bond donors (Lipinski definition) is 1. The molecule has 0 radical (unpaired) electrons. The molecule has 0 heterocycles. The maximum absolute atomic E-state index is 12.5. The Balaban J connectivity index is 2.04. The van der Waals surface area contributed by atoms with Gasteiger partial charge in [-0.3, -0.25) is 4.90 Å². The number of aliphatic hydroxyl groups excluding tert-OH is 1. The lowest BCUT2D eigenvalue weighted by Gasteiger charge is -2.20. The second-order valence-electron chi connectivity index (χ2n) is 4.91. The van der Waals surface area contributed by atoms with Crippen molar-refractivity contribution in [2.45, 2.75) is 13.0 Å². The van der Waals surface area contributed by atoms with Gasteiger partial charge in [0.25, 0.3) is 6.43 Å². The first-order valence-corrected chi connectivity index (χ1v) is 6.95. The monoisotopic (exact) mass is 291 g/mol. The summed E-state index contributed by atoms with van der Waals surface area (Å²) >= 11 is 0. The van der Waals surface area contributed by atoms with Crippen molar-refractivity contribution in [1.82, 2.24) is 4.90 Å². The predicted molar refractivity (Wildman–Crippen MR) is 80.2 cm³/mol. The van der Waals surface area contributed by atoms with Gasteiger partial charge >= 0.3 is 0 Å². The highest BCUT2D eigenvalue weighted by molar-refractivity contribution is 5.63. The van der Waals surface area contributed by atoms with Crippen molar-refractivity contribution in [3.8, 4) is 11.1 Å². The van der Waals surface area contributed by atoms with Gasteiger partial charge in [0.1, 0.15) is 0 Å². The van der Waals surface area contributed by atoms with Gasteiger partial charge in [0.05, 0.1) is 13.2 Å². The predicted octanol–water partition coefficient (Wildman–Crippen LogP) is 3.41. The smallest absolute Gasteiger partial charge is 0.251 e. The van der Waals surface area contributed by atoms with Crippen LogP contribution in [-0.4, -0.2) is 36.1 Å². The second kappa shape index (κ2) is 7.86. The summed E-state index contributed by atoms with van der Waals surface area (Å²) in [5.41, 5.74) is 3.19. The summed E-state index contributed by atoms with van der Waals surface area (Å²) in [6.45, 7) is 0.237. The highest BCUT2D eigenvalue weighted by Crippen LogP contribution is 2.19. The van der Waals surface area contributed by atoms with Gasteiger partial charge in [0, 0.05) is 13.1 Å². The number of alkyl halides is 2. The molecule has 0 aliphatic rings. The second-order valence-corrected chi connectivity index (χ2v) is 4.91. The molecule has 2 aromatic carbocycles. The molecule has 1 N–H and O–H groups in total. The van der Waals surface area contributed by atoms with E-state index in [-0.39, 0.29) is 19.7 Å². The molecule has 0 unspecified atom stereocenters. The number of hydrogen-bond acceptors (Lipinski definition) is 2. The molecule has 2 rings (SSSR count). The van der Waals surface area contributed by atoms with Crippen LogP contribution >= 0.6 is 0 Å². The first kappa shape index (κ1) is 15.6. The van der Waals surface area contributed by atoms with Crippen LogP contribution in [0.5, 0.6) is 0 Å². The van der Waals surface area contributed by atoms with Crippen molar-refractivity contribution in [3.63, 3.8) is 0 Å². The Kier molecular flexibility index (Phi) is 5.84. The maximum atomic E-state index is 12.5. The van der Waals surface area contributed by atoms with E-state index in [2.05, 4.69) is 0 Å². The first-order chi connectivity index (χ1) is 10.2. The lowest BCUT2D eigenvalue weighted by Crippen LogP contribution is -2.31. The molecule has 0 spiro atoms. The van der Waals surface area contributed by atoms with E-state index in [4.69, 9.17) is 5.11 Å². The molecule has 2 nitrogen and oxygen atoms in total. The lowest BCUT2D eigenvalue weighted by atomic mass is 10.0. The molecule has 2 aromatic rings. The van der Waals surface area contributed by atoms with E-state index >= 15 is 0 Å². The Bertz CT molecular complexity index is 528. The van der Waals surface area contributed by atoms with Crippen molar-refractivity contribution >= 4 is 0 Å². The minimum atomic E-state index is -2.39. The van der Waals surface area contributed by atoms with Crippen LogP contribution in [0.1, 0.15) is 5.56 Å². The van der Waals surface area contributed by atoms with Crippen LogP contribution in [0.3, 0.4) is 0 Å². The normalized spacial score (nSPS) is 11.3. The van der Waals surface area contributed by atoms with Crippen LogP contribution in [0, 0.1) is 0 Å². The van der Waals surface area contributed by atoms with E-state index < -0.39 is 6.43 Å². The zero-order chi connectivity index (χ0) is 15.1. The molecule has 0 atom stereocenters. The number of halogens is 2. The largest absolute Gasteiger partial charge is 0.395 e. The fourth-order valence-corrected chi connectivity index (χ4v) is 2.26. The summed E-state index contributed by atoms with van der Waals surface area (Å²) in [4.78, 5) is 1.56. The lowest BCUT2D eigenvalue weighted by molar-refractivity contribution is 0.0746. The van der Waals surface area contributed by atoms with E-state index in [9.17, 15) is 8.78 Å². The van der Waals surface area contributed by atoms with E-state index in [0.717, 1.165) is 16.7 Å². The summed E-state index contributed by atoms with van der Waals surface area (Å²) in [7, 11) is 0. The minimum absolute atomic E-state index is 0.116. The van der Waals surface area contributed by atoms with Crippen LogP contribution in [0.4, 0.5) is 8.78 Å². The molecule has 0 aliphatic heterocycles. The first-order valence-electron chi connectivity index (χ1n) is 6.95. The highest BCUT2D eigenvalue weighted by Gasteiger charge is 2.12. The van der Waals surface area contributed by atoms with E-state index in [1.165, 1.54) is 0 Å². The molecule has 0 saturated carbocycles. The molecule has 0 fully saturated rings. The third kappa shape index (κ3) is 4.92. The average Bonchev–Trinajstić information content (AvgIpc) is 2.48. The van der Waals surface area contributed by atoms with E-state index in [1.807, 2.05) is 54.6 Å². The van der Waals surface area contributed by atoms with Crippen LogP contribution in [0.25, 0.3) is 11.1 Å². The van der Waals surface area contributed by atoms with Gasteiger partial charge in [-0.25, -0.2) is 8.78 Å². The molecule has 21 heavy (non-hydrogen) atoms. The fourth-order valence-electron chi connectivity index (χ4n) is 2.26. The summed E-state index contributed by atoms with van der Waals surface area (Å²) in [5, 5.41) is 8.93. The van der Waals surface area contributed by atoms with Crippen molar-refractivity contribution in [1.29, 1.82) is 0 Å². The van der Waals surface area contributed by atoms with E-state index in [1.54, 1.807) is 4.90 Å².